The highest BCUT2D eigenvalue weighted by atomic mass is 35.5. The molecule has 0 unspecified atom stereocenters. The van der Waals surface area contributed by atoms with Crippen LogP contribution in [0.2, 0.25) is 5.15 Å². The molecular weight excluding hydrogens is 376 g/mol. The molecule has 26 heavy (non-hydrogen) atoms. The number of rotatable bonds is 6. The van der Waals surface area contributed by atoms with E-state index < -0.39 is 0 Å². The number of aromatic nitrogens is 1. The lowest BCUT2D eigenvalue weighted by molar-refractivity contribution is -0.140. The van der Waals surface area contributed by atoms with Crippen LogP contribution in [-0.4, -0.2) is 49.5 Å². The zero-order valence-corrected chi connectivity index (χ0v) is 17.8. The minimum absolute atomic E-state index is 0.0669. The lowest BCUT2D eigenvalue weighted by Gasteiger charge is -2.26. The van der Waals surface area contributed by atoms with Crippen molar-refractivity contribution >= 4 is 41.1 Å². The second-order valence-corrected chi connectivity index (χ2v) is 6.13. The lowest BCUT2D eigenvalue weighted by atomic mass is 10.2. The molecule has 1 aliphatic rings. The van der Waals surface area contributed by atoms with E-state index in [2.05, 4.69) is 9.72 Å². The van der Waals surface area contributed by atoms with Gasteiger partial charge in [-0.3, -0.25) is 14.5 Å². The molecule has 6 nitrogen and oxygen atoms in total. The number of hydrogen-bond acceptors (Lipinski definition) is 6. The average molecular weight is 405 g/mol. The molecule has 0 spiro atoms. The van der Waals surface area contributed by atoms with E-state index in [1.165, 1.54) is 7.11 Å². The van der Waals surface area contributed by atoms with E-state index in [4.69, 9.17) is 16.3 Å². The summed E-state index contributed by atoms with van der Waals surface area (Å²) in [5.41, 5.74) is 0.962. The molecule has 1 aromatic heterocycles. The number of thioether (sulfide) groups is 1. The van der Waals surface area contributed by atoms with Gasteiger partial charge in [0.2, 0.25) is 0 Å². The maximum absolute atomic E-state index is 11.8. The SMILES string of the molecule is CC.CC.COC(=O)CCSCc1cc(Cl)nc(N2CCOCC2=O)c1. The van der Waals surface area contributed by atoms with Gasteiger partial charge in [0, 0.05) is 11.5 Å². The lowest BCUT2D eigenvalue weighted by Crippen LogP contribution is -2.42. The van der Waals surface area contributed by atoms with E-state index in [-0.39, 0.29) is 18.5 Å². The van der Waals surface area contributed by atoms with Crippen molar-refractivity contribution in [1.29, 1.82) is 0 Å². The number of carbonyl (C=O) groups is 2. The van der Waals surface area contributed by atoms with Crippen LogP contribution in [0.15, 0.2) is 12.1 Å². The zero-order valence-electron chi connectivity index (χ0n) is 16.2. The number of morpholine rings is 1. The van der Waals surface area contributed by atoms with Crippen LogP contribution >= 0.6 is 23.4 Å². The molecule has 2 rings (SSSR count). The number of methoxy groups -OCH3 is 1. The Morgan fingerprint density at radius 2 is 2.04 bits per heavy atom. The number of ether oxygens (including phenoxy) is 2. The summed E-state index contributed by atoms with van der Waals surface area (Å²) in [4.78, 5) is 28.7. The minimum Gasteiger partial charge on any atom is -0.469 e. The molecular formula is C18H29ClN2O4S. The van der Waals surface area contributed by atoms with E-state index in [1.54, 1.807) is 22.7 Å². The van der Waals surface area contributed by atoms with Gasteiger partial charge in [0.05, 0.1) is 26.7 Å². The third kappa shape index (κ3) is 8.87. The van der Waals surface area contributed by atoms with E-state index in [0.717, 1.165) is 5.56 Å². The van der Waals surface area contributed by atoms with Gasteiger partial charge in [-0.25, -0.2) is 4.98 Å². The first-order valence-electron chi connectivity index (χ1n) is 8.79. The van der Waals surface area contributed by atoms with Crippen molar-refractivity contribution < 1.29 is 19.1 Å². The fourth-order valence-electron chi connectivity index (χ4n) is 1.96. The first kappa shape index (κ1) is 24.7. The van der Waals surface area contributed by atoms with Crippen LogP contribution in [0, 0.1) is 0 Å². The molecule has 0 aromatic carbocycles. The summed E-state index contributed by atoms with van der Waals surface area (Å²) in [6.45, 7) is 9.03. The molecule has 1 saturated heterocycles. The van der Waals surface area contributed by atoms with Crippen LogP contribution in [0.1, 0.15) is 39.7 Å². The highest BCUT2D eigenvalue weighted by Crippen LogP contribution is 2.23. The molecule has 0 aliphatic carbocycles. The van der Waals surface area contributed by atoms with Crippen molar-refractivity contribution in [1.82, 2.24) is 4.98 Å². The summed E-state index contributed by atoms with van der Waals surface area (Å²) < 4.78 is 9.70. The summed E-state index contributed by atoms with van der Waals surface area (Å²) in [6.07, 6.45) is 0.370. The van der Waals surface area contributed by atoms with Crippen LogP contribution in [0.5, 0.6) is 0 Å². The Balaban J connectivity index is 0.00000146. The van der Waals surface area contributed by atoms with Gasteiger partial charge in [0.15, 0.2) is 0 Å². The van der Waals surface area contributed by atoms with Gasteiger partial charge in [-0.1, -0.05) is 39.3 Å². The minimum atomic E-state index is -0.222. The topological polar surface area (TPSA) is 68.7 Å². The van der Waals surface area contributed by atoms with Crippen LogP contribution < -0.4 is 4.90 Å². The molecule has 148 valence electrons. The molecule has 8 heteroatoms. The van der Waals surface area contributed by atoms with Crippen molar-refractivity contribution in [3.63, 3.8) is 0 Å². The molecule has 2 heterocycles. The molecule has 0 radical (unpaired) electrons. The van der Waals surface area contributed by atoms with Gasteiger partial charge in [-0.2, -0.15) is 11.8 Å². The van der Waals surface area contributed by atoms with Gasteiger partial charge in [-0.05, 0) is 17.7 Å². The largest absolute Gasteiger partial charge is 0.469 e. The number of pyridine rings is 1. The van der Waals surface area contributed by atoms with E-state index in [9.17, 15) is 9.59 Å². The smallest absolute Gasteiger partial charge is 0.306 e. The summed E-state index contributed by atoms with van der Waals surface area (Å²) in [6, 6.07) is 3.61. The van der Waals surface area contributed by atoms with Crippen LogP contribution in [0.3, 0.4) is 0 Å². The highest BCUT2D eigenvalue weighted by molar-refractivity contribution is 7.98. The Kier molecular flexibility index (Phi) is 14.1. The molecule has 0 atom stereocenters. The predicted octanol–water partition coefficient (Wildman–Crippen LogP) is 3.95. The second-order valence-electron chi connectivity index (χ2n) is 4.63. The summed E-state index contributed by atoms with van der Waals surface area (Å²) in [5.74, 6) is 1.55. The maximum atomic E-state index is 11.8. The first-order valence-corrected chi connectivity index (χ1v) is 10.3. The number of carbonyl (C=O) groups excluding carboxylic acids is 2. The fourth-order valence-corrected chi connectivity index (χ4v) is 3.05. The van der Waals surface area contributed by atoms with Crippen LogP contribution in [0.4, 0.5) is 5.82 Å². The normalized spacial score (nSPS) is 13.2. The summed E-state index contributed by atoms with van der Waals surface area (Å²) in [7, 11) is 1.38. The number of anilines is 1. The van der Waals surface area contributed by atoms with Crippen LogP contribution in [0.25, 0.3) is 0 Å². The molecule has 1 amide bonds. The monoisotopic (exact) mass is 404 g/mol. The zero-order chi connectivity index (χ0) is 19.9. The number of halogens is 1. The van der Waals surface area contributed by atoms with Crippen molar-refractivity contribution in [2.24, 2.45) is 0 Å². The second kappa shape index (κ2) is 14.8. The average Bonchev–Trinajstić information content (AvgIpc) is 2.68. The Labute approximate surface area is 165 Å². The van der Waals surface area contributed by atoms with Crippen molar-refractivity contribution in [3.05, 3.63) is 22.8 Å². The highest BCUT2D eigenvalue weighted by Gasteiger charge is 2.22. The third-order valence-electron chi connectivity index (χ3n) is 3.05. The van der Waals surface area contributed by atoms with Crippen LogP contribution in [-0.2, 0) is 24.8 Å². The molecule has 1 fully saturated rings. The standard InChI is InChI=1S/C14H17ClN2O4S.2C2H6/c1-20-14(19)2-5-22-9-10-6-11(15)16-12(7-10)17-3-4-21-8-13(17)18;2*1-2/h6-7H,2-5,8-9H2,1H3;2*1-2H3. The maximum Gasteiger partial charge on any atom is 0.306 e. The van der Waals surface area contributed by atoms with Gasteiger partial charge in [0.1, 0.15) is 17.6 Å². The third-order valence-corrected chi connectivity index (χ3v) is 4.27. The van der Waals surface area contributed by atoms with E-state index in [0.29, 0.717) is 42.0 Å². The number of nitrogens with zero attached hydrogens (tertiary/aromatic N) is 2. The number of amides is 1. The Bertz CT molecular complexity index is 558. The first-order chi connectivity index (χ1) is 12.6. The number of esters is 1. The van der Waals surface area contributed by atoms with E-state index in [1.807, 2.05) is 33.8 Å². The molecule has 0 bridgehead atoms. The Morgan fingerprint density at radius 3 is 2.65 bits per heavy atom. The van der Waals surface area contributed by atoms with Crippen molar-refractivity contribution in [3.8, 4) is 0 Å². The Hall–Kier alpha value is -1.31. The van der Waals surface area contributed by atoms with Gasteiger partial charge in [-0.15, -0.1) is 0 Å². The molecule has 1 aliphatic heterocycles. The quantitative estimate of drug-likeness (QED) is 0.406. The number of hydrogen-bond donors (Lipinski definition) is 0. The fraction of sp³-hybridized carbons (Fsp3) is 0.611. The van der Waals surface area contributed by atoms with Crippen molar-refractivity contribution in [2.45, 2.75) is 39.9 Å². The summed E-state index contributed by atoms with van der Waals surface area (Å²) >= 11 is 7.64. The molecule has 0 N–H and O–H groups in total. The molecule has 1 aromatic rings. The molecule has 0 saturated carbocycles. The van der Waals surface area contributed by atoms with Crippen molar-refractivity contribution in [2.75, 3.05) is 37.5 Å². The summed E-state index contributed by atoms with van der Waals surface area (Å²) in [5, 5.41) is 0.348. The van der Waals surface area contributed by atoms with Gasteiger partial charge >= 0.3 is 5.97 Å². The predicted molar refractivity (Wildman–Crippen MR) is 108 cm³/mol. The van der Waals surface area contributed by atoms with Gasteiger partial charge < -0.3 is 9.47 Å². The Morgan fingerprint density at radius 1 is 1.35 bits per heavy atom. The van der Waals surface area contributed by atoms with Gasteiger partial charge in [0.25, 0.3) is 5.91 Å². The van der Waals surface area contributed by atoms with E-state index >= 15 is 0 Å².